The fourth-order valence-electron chi connectivity index (χ4n) is 4.37. The molecule has 38 heavy (non-hydrogen) atoms. The Morgan fingerprint density at radius 3 is 2.55 bits per heavy atom. The lowest BCUT2D eigenvalue weighted by Gasteiger charge is -2.16. The van der Waals surface area contributed by atoms with Crippen LogP contribution >= 0.6 is 12.2 Å². The van der Waals surface area contributed by atoms with Crippen LogP contribution in [0.25, 0.3) is 22.6 Å². The zero-order valence-electron chi connectivity index (χ0n) is 19.7. The summed E-state index contributed by atoms with van der Waals surface area (Å²) in [6.07, 6.45) is -1.50. The number of alkyl halides is 3. The number of halogens is 5. The van der Waals surface area contributed by atoms with Crippen molar-refractivity contribution >= 4 is 23.3 Å². The van der Waals surface area contributed by atoms with E-state index in [0.717, 1.165) is 34.7 Å². The highest BCUT2D eigenvalue weighted by Crippen LogP contribution is 2.39. The van der Waals surface area contributed by atoms with Crippen LogP contribution in [0.1, 0.15) is 22.3 Å². The third-order valence-electron chi connectivity index (χ3n) is 6.08. The number of aliphatic imine (C=N–C) groups is 1. The van der Waals surface area contributed by atoms with Gasteiger partial charge in [-0.05, 0) is 65.9 Å². The Bertz CT molecular complexity index is 1530. The number of ether oxygens (including phenoxy) is 1. The molecule has 194 valence electrons. The van der Waals surface area contributed by atoms with E-state index in [1.807, 2.05) is 18.2 Å². The molecule has 0 fully saturated rings. The largest absolute Gasteiger partial charge is 0.573 e. The summed E-state index contributed by atoms with van der Waals surface area (Å²) in [7, 11) is 0. The van der Waals surface area contributed by atoms with Crippen LogP contribution in [0.3, 0.4) is 0 Å². The molecule has 0 radical (unpaired) electrons. The molecule has 0 saturated heterocycles. The predicted molar refractivity (Wildman–Crippen MR) is 137 cm³/mol. The number of thiocarbonyl (C=S) groups is 1. The maximum absolute atomic E-state index is 13.8. The van der Waals surface area contributed by atoms with Gasteiger partial charge in [-0.2, -0.15) is 0 Å². The van der Waals surface area contributed by atoms with Crippen molar-refractivity contribution in [2.24, 2.45) is 4.99 Å². The Morgan fingerprint density at radius 2 is 1.82 bits per heavy atom. The lowest BCUT2D eigenvalue weighted by molar-refractivity contribution is -0.274. The fraction of sp³-hybridized carbons (Fsp3) is 0.179. The van der Waals surface area contributed by atoms with Crippen molar-refractivity contribution in [1.29, 1.82) is 0 Å². The van der Waals surface area contributed by atoms with Gasteiger partial charge in [0.2, 0.25) is 0 Å². The third kappa shape index (κ3) is 5.80. The maximum Gasteiger partial charge on any atom is 0.573 e. The van der Waals surface area contributed by atoms with Gasteiger partial charge >= 0.3 is 6.36 Å². The van der Waals surface area contributed by atoms with E-state index in [0.29, 0.717) is 33.9 Å². The molecule has 4 aromatic rings. The van der Waals surface area contributed by atoms with Crippen LogP contribution in [0, 0.1) is 11.6 Å². The molecule has 1 aliphatic carbocycles. The van der Waals surface area contributed by atoms with Crippen LogP contribution in [0.5, 0.6) is 5.75 Å². The molecular weight excluding hydrogens is 523 g/mol. The summed E-state index contributed by atoms with van der Waals surface area (Å²) in [6.45, 7) is 0.229. The van der Waals surface area contributed by atoms with E-state index in [-0.39, 0.29) is 18.7 Å². The highest BCUT2D eigenvalue weighted by atomic mass is 32.1. The van der Waals surface area contributed by atoms with Crippen LogP contribution < -0.4 is 4.74 Å². The van der Waals surface area contributed by atoms with Gasteiger partial charge in [0, 0.05) is 40.3 Å². The van der Waals surface area contributed by atoms with Crippen molar-refractivity contribution < 1.29 is 31.2 Å². The molecule has 4 nitrogen and oxygen atoms in total. The standard InChI is InChI=1S/C28H19F5N2O2S/c29-20-6-2-19(25(30)13-20)12-22(38)15-34-14-16-1-9-23-18(11-16)5-10-24-26(23)35-37-27(24)17-3-7-21(8-4-17)36-28(31,32)33/h1-4,6-9,11,13-14H,5,10,12,15H2. The predicted octanol–water partition coefficient (Wildman–Crippen LogP) is 7.32. The molecule has 0 bridgehead atoms. The third-order valence-corrected chi connectivity index (χ3v) is 6.35. The number of benzene rings is 3. The summed E-state index contributed by atoms with van der Waals surface area (Å²) >= 11 is 5.31. The second-order valence-electron chi connectivity index (χ2n) is 8.75. The Balaban J connectivity index is 1.27. The quantitative estimate of drug-likeness (QED) is 0.140. The minimum Gasteiger partial charge on any atom is -0.406 e. The summed E-state index contributed by atoms with van der Waals surface area (Å²) in [6, 6.07) is 14.7. The first-order valence-corrected chi connectivity index (χ1v) is 12.0. The summed E-state index contributed by atoms with van der Waals surface area (Å²) in [5, 5.41) is 4.23. The zero-order valence-corrected chi connectivity index (χ0v) is 20.5. The summed E-state index contributed by atoms with van der Waals surface area (Å²) in [4.78, 5) is 4.90. The maximum atomic E-state index is 13.8. The van der Waals surface area contributed by atoms with Gasteiger partial charge in [-0.15, -0.1) is 13.2 Å². The molecule has 1 aliphatic rings. The first-order valence-electron chi connectivity index (χ1n) is 11.6. The van der Waals surface area contributed by atoms with E-state index >= 15 is 0 Å². The van der Waals surface area contributed by atoms with Crippen molar-refractivity contribution in [3.63, 3.8) is 0 Å². The molecule has 3 aromatic carbocycles. The molecule has 0 saturated carbocycles. The van der Waals surface area contributed by atoms with E-state index in [1.165, 1.54) is 36.4 Å². The van der Waals surface area contributed by atoms with Gasteiger partial charge in [0.05, 0.1) is 6.54 Å². The second kappa shape index (κ2) is 10.4. The number of fused-ring (bicyclic) bond motifs is 3. The van der Waals surface area contributed by atoms with Gasteiger partial charge in [-0.1, -0.05) is 35.6 Å². The Labute approximate surface area is 219 Å². The van der Waals surface area contributed by atoms with Gasteiger partial charge in [0.25, 0.3) is 0 Å². The number of aromatic nitrogens is 1. The molecule has 0 unspecified atom stereocenters. The highest BCUT2D eigenvalue weighted by Gasteiger charge is 2.31. The van der Waals surface area contributed by atoms with Crippen LogP contribution in [-0.4, -0.2) is 29.1 Å². The number of hydrogen-bond donors (Lipinski definition) is 0. The van der Waals surface area contributed by atoms with Crippen LogP contribution in [0.4, 0.5) is 22.0 Å². The fourth-order valence-corrected chi connectivity index (χ4v) is 4.60. The molecule has 5 rings (SSSR count). The van der Waals surface area contributed by atoms with E-state index in [4.69, 9.17) is 16.7 Å². The molecule has 1 aromatic heterocycles. The number of hydrogen-bond acceptors (Lipinski definition) is 5. The Hall–Kier alpha value is -3.92. The van der Waals surface area contributed by atoms with E-state index in [9.17, 15) is 22.0 Å². The molecule has 0 spiro atoms. The minimum atomic E-state index is -4.75. The summed E-state index contributed by atoms with van der Waals surface area (Å²) in [5.74, 6) is -1.06. The second-order valence-corrected chi connectivity index (χ2v) is 9.33. The van der Waals surface area contributed by atoms with Crippen molar-refractivity contribution in [3.8, 4) is 28.3 Å². The van der Waals surface area contributed by atoms with Crippen molar-refractivity contribution in [1.82, 2.24) is 5.16 Å². The molecule has 1 heterocycles. The van der Waals surface area contributed by atoms with Gasteiger partial charge in [-0.3, -0.25) is 4.99 Å². The SMILES string of the molecule is Fc1ccc(CC(=S)CN=Cc2ccc3c(c2)CCc2c-3noc2-c2ccc(OC(F)(F)F)cc2)c(F)c1. The molecule has 0 aliphatic heterocycles. The lowest BCUT2D eigenvalue weighted by atomic mass is 9.87. The van der Waals surface area contributed by atoms with Gasteiger partial charge in [-0.25, -0.2) is 8.78 Å². The highest BCUT2D eigenvalue weighted by molar-refractivity contribution is 7.80. The number of aryl methyl sites for hydroxylation is 1. The van der Waals surface area contributed by atoms with Crippen molar-refractivity contribution in [2.45, 2.75) is 25.6 Å². The number of rotatable bonds is 7. The van der Waals surface area contributed by atoms with Crippen LogP contribution in [0.2, 0.25) is 0 Å². The number of nitrogens with zero attached hydrogens (tertiary/aromatic N) is 2. The smallest absolute Gasteiger partial charge is 0.406 e. The van der Waals surface area contributed by atoms with E-state index in [1.54, 1.807) is 6.21 Å². The molecule has 0 atom stereocenters. The molecular formula is C28H19F5N2O2S. The van der Waals surface area contributed by atoms with E-state index < -0.39 is 18.0 Å². The van der Waals surface area contributed by atoms with Crippen LogP contribution in [0.15, 0.2) is 70.2 Å². The van der Waals surface area contributed by atoms with Gasteiger partial charge in [0.15, 0.2) is 5.76 Å². The summed E-state index contributed by atoms with van der Waals surface area (Å²) < 4.78 is 73.7. The van der Waals surface area contributed by atoms with Crippen molar-refractivity contribution in [2.75, 3.05) is 6.54 Å². The molecule has 0 N–H and O–H groups in total. The van der Waals surface area contributed by atoms with Gasteiger partial charge < -0.3 is 9.26 Å². The van der Waals surface area contributed by atoms with Crippen LogP contribution in [-0.2, 0) is 19.3 Å². The van der Waals surface area contributed by atoms with E-state index in [2.05, 4.69) is 14.9 Å². The Morgan fingerprint density at radius 1 is 1.03 bits per heavy atom. The lowest BCUT2D eigenvalue weighted by Crippen LogP contribution is -2.16. The average Bonchev–Trinajstić information content (AvgIpc) is 3.30. The first-order chi connectivity index (χ1) is 18.2. The summed E-state index contributed by atoms with van der Waals surface area (Å²) in [5.41, 5.74) is 5.37. The molecule has 10 heteroatoms. The zero-order chi connectivity index (χ0) is 26.9. The minimum absolute atomic E-state index is 0.193. The first kappa shape index (κ1) is 25.7. The monoisotopic (exact) mass is 542 g/mol. The normalized spacial score (nSPS) is 12.9. The topological polar surface area (TPSA) is 47.6 Å². The Kier molecular flexibility index (Phi) is 7.07. The van der Waals surface area contributed by atoms with Crippen molar-refractivity contribution in [3.05, 3.63) is 94.6 Å². The molecule has 0 amide bonds. The average molecular weight is 543 g/mol. The van der Waals surface area contributed by atoms with Gasteiger partial charge in [0.1, 0.15) is 23.1 Å².